The van der Waals surface area contributed by atoms with Gasteiger partial charge in [0.1, 0.15) is 0 Å². The third-order valence-corrected chi connectivity index (χ3v) is 3.29. The van der Waals surface area contributed by atoms with Gasteiger partial charge in [0.25, 0.3) is 0 Å². The number of rotatable bonds is 4. The van der Waals surface area contributed by atoms with Gasteiger partial charge in [-0.1, -0.05) is 0 Å². The minimum Gasteiger partial charge on any atom is -0.463 e. The fraction of sp³-hybridized carbons (Fsp3) is 0.692. The van der Waals surface area contributed by atoms with Crippen LogP contribution < -0.4 is 0 Å². The van der Waals surface area contributed by atoms with Crippen LogP contribution in [0.5, 0.6) is 0 Å². The van der Waals surface area contributed by atoms with Crippen molar-refractivity contribution >= 4 is 35.1 Å². The van der Waals surface area contributed by atoms with Crippen molar-refractivity contribution in [3.8, 4) is 0 Å². The van der Waals surface area contributed by atoms with Crippen molar-refractivity contribution in [2.24, 2.45) is 4.99 Å². The first-order valence-corrected chi connectivity index (χ1v) is 7.15. The van der Waals surface area contributed by atoms with Crippen LogP contribution in [0.1, 0.15) is 27.7 Å². The Kier molecular flexibility index (Phi) is 5.27. The standard InChI is InChI=1S/C13H19Cl2NO3/c1-5-18-11(17)9-6-10(16-12(2,3)4)19-13(9,7-14)8-15/h6H,5,7-8H2,1-4H3. The Hall–Kier alpha value is -0.740. The molecule has 6 heteroatoms. The van der Waals surface area contributed by atoms with Gasteiger partial charge in [-0.2, -0.15) is 0 Å². The molecular weight excluding hydrogens is 289 g/mol. The van der Waals surface area contributed by atoms with Gasteiger partial charge in [-0.15, -0.1) is 23.2 Å². The van der Waals surface area contributed by atoms with Crippen LogP contribution in [0.2, 0.25) is 0 Å². The molecule has 0 bridgehead atoms. The number of nitrogens with zero attached hydrogens (tertiary/aromatic N) is 1. The number of halogens is 2. The number of ether oxygens (including phenoxy) is 2. The second-order valence-electron chi connectivity index (χ2n) is 5.26. The van der Waals surface area contributed by atoms with Crippen LogP contribution in [-0.4, -0.2) is 41.4 Å². The zero-order valence-corrected chi connectivity index (χ0v) is 13.1. The molecule has 0 spiro atoms. The summed E-state index contributed by atoms with van der Waals surface area (Å²) in [6.45, 7) is 7.82. The van der Waals surface area contributed by atoms with E-state index in [2.05, 4.69) is 4.99 Å². The van der Waals surface area contributed by atoms with E-state index in [1.165, 1.54) is 0 Å². The summed E-state index contributed by atoms with van der Waals surface area (Å²) in [6.07, 6.45) is 1.56. The first kappa shape index (κ1) is 16.3. The molecule has 0 saturated heterocycles. The van der Waals surface area contributed by atoms with Crippen LogP contribution in [-0.2, 0) is 14.3 Å². The molecule has 0 fully saturated rings. The fourth-order valence-corrected chi connectivity index (χ4v) is 2.30. The molecule has 0 N–H and O–H groups in total. The normalized spacial score (nSPS) is 20.1. The summed E-state index contributed by atoms with van der Waals surface area (Å²) < 4.78 is 10.7. The third kappa shape index (κ3) is 3.86. The second-order valence-corrected chi connectivity index (χ2v) is 5.80. The molecule has 0 amide bonds. The van der Waals surface area contributed by atoms with Gasteiger partial charge in [0, 0.05) is 6.08 Å². The molecule has 0 atom stereocenters. The Labute approximate surface area is 123 Å². The lowest BCUT2D eigenvalue weighted by Gasteiger charge is -2.26. The molecule has 0 unspecified atom stereocenters. The van der Waals surface area contributed by atoms with Crippen molar-refractivity contribution in [2.45, 2.75) is 38.8 Å². The van der Waals surface area contributed by atoms with Crippen molar-refractivity contribution in [1.82, 2.24) is 0 Å². The Balaban J connectivity index is 3.14. The lowest BCUT2D eigenvalue weighted by molar-refractivity contribution is -0.140. The fourth-order valence-electron chi connectivity index (χ4n) is 1.61. The van der Waals surface area contributed by atoms with Crippen LogP contribution in [0.3, 0.4) is 0 Å². The van der Waals surface area contributed by atoms with Crippen LogP contribution >= 0.6 is 23.2 Å². The van der Waals surface area contributed by atoms with E-state index in [0.717, 1.165) is 0 Å². The predicted octanol–water partition coefficient (Wildman–Crippen LogP) is 2.92. The van der Waals surface area contributed by atoms with Gasteiger partial charge in [0.2, 0.25) is 5.90 Å². The number of aliphatic imine (C=N–C) groups is 1. The Morgan fingerprint density at radius 2 is 2.00 bits per heavy atom. The summed E-state index contributed by atoms with van der Waals surface area (Å²) in [7, 11) is 0. The molecule has 0 aromatic carbocycles. The van der Waals surface area contributed by atoms with Crippen molar-refractivity contribution in [1.29, 1.82) is 0 Å². The highest BCUT2D eigenvalue weighted by molar-refractivity contribution is 6.24. The minimum absolute atomic E-state index is 0.0598. The number of carbonyl (C=O) groups is 1. The molecule has 1 rings (SSSR count). The molecule has 1 heterocycles. The van der Waals surface area contributed by atoms with Crippen LogP contribution in [0.15, 0.2) is 16.6 Å². The van der Waals surface area contributed by atoms with E-state index in [-0.39, 0.29) is 23.9 Å². The van der Waals surface area contributed by atoms with E-state index < -0.39 is 11.6 Å². The van der Waals surface area contributed by atoms with Crippen molar-refractivity contribution in [3.05, 3.63) is 11.6 Å². The van der Waals surface area contributed by atoms with E-state index >= 15 is 0 Å². The molecule has 0 aromatic heterocycles. The van der Waals surface area contributed by atoms with Crippen LogP contribution in [0, 0.1) is 0 Å². The summed E-state index contributed by atoms with van der Waals surface area (Å²) in [5, 5.41) is 0. The quantitative estimate of drug-likeness (QED) is 0.592. The molecule has 0 aromatic rings. The molecule has 1 aliphatic rings. The monoisotopic (exact) mass is 307 g/mol. The highest BCUT2D eigenvalue weighted by Gasteiger charge is 2.45. The summed E-state index contributed by atoms with van der Waals surface area (Å²) >= 11 is 11.9. The molecule has 4 nitrogen and oxygen atoms in total. The summed E-state index contributed by atoms with van der Waals surface area (Å²) in [4.78, 5) is 16.3. The number of alkyl halides is 2. The van der Waals surface area contributed by atoms with E-state index in [4.69, 9.17) is 32.7 Å². The zero-order valence-electron chi connectivity index (χ0n) is 11.6. The first-order chi connectivity index (χ1) is 8.78. The predicted molar refractivity (Wildman–Crippen MR) is 77.2 cm³/mol. The molecule has 19 heavy (non-hydrogen) atoms. The molecule has 0 radical (unpaired) electrons. The summed E-state index contributed by atoms with van der Waals surface area (Å²) in [6, 6.07) is 0. The lowest BCUT2D eigenvalue weighted by atomic mass is 9.99. The van der Waals surface area contributed by atoms with Crippen molar-refractivity contribution in [2.75, 3.05) is 18.4 Å². The maximum atomic E-state index is 11.9. The maximum Gasteiger partial charge on any atom is 0.338 e. The SMILES string of the molecule is CCOC(=O)C1=CC(=NC(C)(C)C)OC1(CCl)CCl. The van der Waals surface area contributed by atoms with E-state index in [1.807, 2.05) is 20.8 Å². The maximum absolute atomic E-state index is 11.9. The average molecular weight is 308 g/mol. The molecule has 108 valence electrons. The van der Waals surface area contributed by atoms with E-state index in [9.17, 15) is 4.79 Å². The van der Waals surface area contributed by atoms with Gasteiger partial charge in [-0.3, -0.25) is 0 Å². The lowest BCUT2D eigenvalue weighted by Crippen LogP contribution is -2.40. The second kappa shape index (κ2) is 6.14. The Bertz CT molecular complexity index is 407. The molecule has 0 aliphatic carbocycles. The smallest absolute Gasteiger partial charge is 0.338 e. The van der Waals surface area contributed by atoms with Gasteiger partial charge < -0.3 is 9.47 Å². The topological polar surface area (TPSA) is 47.9 Å². The van der Waals surface area contributed by atoms with Crippen molar-refractivity contribution in [3.63, 3.8) is 0 Å². The molecule has 0 saturated carbocycles. The summed E-state index contributed by atoms with van der Waals surface area (Å²) in [5.74, 6) is 0.00833. The summed E-state index contributed by atoms with van der Waals surface area (Å²) in [5.41, 5.74) is -1.05. The van der Waals surface area contributed by atoms with Gasteiger partial charge in [0.15, 0.2) is 5.60 Å². The van der Waals surface area contributed by atoms with E-state index in [0.29, 0.717) is 11.5 Å². The Morgan fingerprint density at radius 1 is 1.42 bits per heavy atom. The minimum atomic E-state index is -1.06. The first-order valence-electron chi connectivity index (χ1n) is 6.08. The molecule has 1 aliphatic heterocycles. The van der Waals surface area contributed by atoms with Gasteiger partial charge in [-0.05, 0) is 27.7 Å². The number of carbonyl (C=O) groups excluding carboxylic acids is 1. The van der Waals surface area contributed by atoms with Crippen LogP contribution in [0.25, 0.3) is 0 Å². The van der Waals surface area contributed by atoms with E-state index in [1.54, 1.807) is 13.0 Å². The zero-order chi connectivity index (χ0) is 14.7. The Morgan fingerprint density at radius 3 is 2.42 bits per heavy atom. The van der Waals surface area contributed by atoms with Gasteiger partial charge >= 0.3 is 5.97 Å². The van der Waals surface area contributed by atoms with Gasteiger partial charge in [-0.25, -0.2) is 9.79 Å². The average Bonchev–Trinajstić information content (AvgIpc) is 2.66. The molecular formula is C13H19Cl2NO3. The number of hydrogen-bond donors (Lipinski definition) is 0. The van der Waals surface area contributed by atoms with Crippen molar-refractivity contribution < 1.29 is 14.3 Å². The third-order valence-electron chi connectivity index (χ3n) is 2.43. The number of esters is 1. The number of hydrogen-bond acceptors (Lipinski definition) is 4. The van der Waals surface area contributed by atoms with Crippen LogP contribution in [0.4, 0.5) is 0 Å². The highest BCUT2D eigenvalue weighted by atomic mass is 35.5. The highest BCUT2D eigenvalue weighted by Crippen LogP contribution is 2.33. The van der Waals surface area contributed by atoms with Gasteiger partial charge in [0.05, 0.1) is 29.5 Å². The largest absolute Gasteiger partial charge is 0.463 e.